The first-order chi connectivity index (χ1) is 11.1. The molecule has 0 aliphatic heterocycles. The normalized spacial score (nSPS) is 11.0. The van der Waals surface area contributed by atoms with Crippen molar-refractivity contribution >= 4 is 11.7 Å². The van der Waals surface area contributed by atoms with Crippen LogP contribution in [0.1, 0.15) is 16.7 Å². The number of esters is 1. The Balaban J connectivity index is 2.54. The standard InChI is InChI=1S/C18H19NO4/c1-12-8-5-6-10-14(12)23-15-11-7-9-13(2)16(15)17(19-22-4)18(20)21-3/h5-11H,1-4H3/b19-17+. The van der Waals surface area contributed by atoms with E-state index in [0.717, 1.165) is 11.1 Å². The maximum Gasteiger partial charge on any atom is 0.360 e. The molecule has 2 rings (SSSR count). The zero-order valence-electron chi connectivity index (χ0n) is 13.6. The fourth-order valence-corrected chi connectivity index (χ4v) is 2.19. The highest BCUT2D eigenvalue weighted by atomic mass is 16.6. The van der Waals surface area contributed by atoms with E-state index in [4.69, 9.17) is 14.3 Å². The number of hydrogen-bond donors (Lipinski definition) is 0. The smallest absolute Gasteiger partial charge is 0.360 e. The number of ether oxygens (including phenoxy) is 2. The molecule has 23 heavy (non-hydrogen) atoms. The summed E-state index contributed by atoms with van der Waals surface area (Å²) in [7, 11) is 2.68. The highest BCUT2D eigenvalue weighted by molar-refractivity contribution is 6.44. The Morgan fingerprint density at radius 3 is 2.22 bits per heavy atom. The highest BCUT2D eigenvalue weighted by Gasteiger charge is 2.23. The minimum absolute atomic E-state index is 0.0664. The number of rotatable bonds is 5. The van der Waals surface area contributed by atoms with Crippen LogP contribution in [0.4, 0.5) is 0 Å². The number of carbonyl (C=O) groups excluding carboxylic acids is 1. The Morgan fingerprint density at radius 1 is 0.913 bits per heavy atom. The van der Waals surface area contributed by atoms with Crippen LogP contribution in [0.2, 0.25) is 0 Å². The van der Waals surface area contributed by atoms with Gasteiger partial charge in [-0.1, -0.05) is 35.5 Å². The summed E-state index contributed by atoms with van der Waals surface area (Å²) in [6.07, 6.45) is 0. The molecule has 0 amide bonds. The molecule has 0 heterocycles. The lowest BCUT2D eigenvalue weighted by Gasteiger charge is -2.15. The molecule has 2 aromatic carbocycles. The van der Waals surface area contributed by atoms with Crippen LogP contribution < -0.4 is 4.74 Å². The SMILES string of the molecule is CO/N=C(/C(=O)OC)c1c(C)cccc1Oc1ccccc1C. The van der Waals surface area contributed by atoms with Crippen molar-refractivity contribution in [2.24, 2.45) is 5.16 Å². The lowest BCUT2D eigenvalue weighted by molar-refractivity contribution is -0.132. The molecule has 120 valence electrons. The van der Waals surface area contributed by atoms with Gasteiger partial charge in [0.15, 0.2) is 5.71 Å². The van der Waals surface area contributed by atoms with E-state index in [9.17, 15) is 4.79 Å². The van der Waals surface area contributed by atoms with Gasteiger partial charge in [0.1, 0.15) is 18.6 Å². The molecule has 5 nitrogen and oxygen atoms in total. The van der Waals surface area contributed by atoms with Crippen LogP contribution in [0.3, 0.4) is 0 Å². The van der Waals surface area contributed by atoms with E-state index in [-0.39, 0.29) is 5.71 Å². The fourth-order valence-electron chi connectivity index (χ4n) is 2.19. The van der Waals surface area contributed by atoms with Gasteiger partial charge < -0.3 is 14.3 Å². The molecule has 0 aliphatic carbocycles. The van der Waals surface area contributed by atoms with Gasteiger partial charge in [-0.25, -0.2) is 4.79 Å². The monoisotopic (exact) mass is 313 g/mol. The molecule has 5 heteroatoms. The third-order valence-electron chi connectivity index (χ3n) is 3.35. The van der Waals surface area contributed by atoms with Crippen molar-refractivity contribution in [3.8, 4) is 11.5 Å². The number of aryl methyl sites for hydroxylation is 2. The molecule has 0 fully saturated rings. The quantitative estimate of drug-likeness (QED) is 0.480. The Hall–Kier alpha value is -2.82. The molecular weight excluding hydrogens is 294 g/mol. The van der Waals surface area contributed by atoms with Gasteiger partial charge in [-0.05, 0) is 37.1 Å². The first kappa shape index (κ1) is 16.5. The first-order valence-corrected chi connectivity index (χ1v) is 7.11. The molecule has 0 unspecified atom stereocenters. The number of nitrogens with zero attached hydrogens (tertiary/aromatic N) is 1. The summed E-state index contributed by atoms with van der Waals surface area (Å²) in [5.74, 6) is 0.636. The molecule has 0 bridgehead atoms. The van der Waals surface area contributed by atoms with Crippen molar-refractivity contribution in [3.05, 3.63) is 59.2 Å². The molecule has 0 saturated carbocycles. The van der Waals surface area contributed by atoms with Crippen LogP contribution >= 0.6 is 0 Å². The van der Waals surface area contributed by atoms with Crippen LogP contribution in [0.15, 0.2) is 47.6 Å². The number of benzene rings is 2. The van der Waals surface area contributed by atoms with E-state index >= 15 is 0 Å². The molecular formula is C18H19NO4. The van der Waals surface area contributed by atoms with E-state index in [0.29, 0.717) is 17.1 Å². The van der Waals surface area contributed by atoms with Gasteiger partial charge in [0.2, 0.25) is 0 Å². The summed E-state index contributed by atoms with van der Waals surface area (Å²) in [4.78, 5) is 16.8. The lowest BCUT2D eigenvalue weighted by Crippen LogP contribution is -2.19. The van der Waals surface area contributed by atoms with E-state index in [1.807, 2.05) is 50.2 Å². The molecule has 0 aliphatic rings. The average Bonchev–Trinajstić information content (AvgIpc) is 2.55. The predicted octanol–water partition coefficient (Wildman–Crippen LogP) is 3.62. The van der Waals surface area contributed by atoms with Crippen LogP contribution in [0.25, 0.3) is 0 Å². The molecule has 0 N–H and O–H groups in total. The second-order valence-corrected chi connectivity index (χ2v) is 4.93. The summed E-state index contributed by atoms with van der Waals surface area (Å²) >= 11 is 0. The number of para-hydroxylation sites is 1. The summed E-state index contributed by atoms with van der Waals surface area (Å²) in [5, 5.41) is 3.81. The zero-order valence-corrected chi connectivity index (χ0v) is 13.6. The largest absolute Gasteiger partial charge is 0.464 e. The van der Waals surface area contributed by atoms with Crippen molar-refractivity contribution in [2.45, 2.75) is 13.8 Å². The second kappa shape index (κ2) is 7.45. The predicted molar refractivity (Wildman–Crippen MR) is 88.0 cm³/mol. The summed E-state index contributed by atoms with van der Waals surface area (Å²) in [6.45, 7) is 3.82. The van der Waals surface area contributed by atoms with Gasteiger partial charge in [-0.2, -0.15) is 0 Å². The maximum absolute atomic E-state index is 12.0. The molecule has 0 spiro atoms. The zero-order chi connectivity index (χ0) is 16.8. The lowest BCUT2D eigenvalue weighted by atomic mass is 10.0. The van der Waals surface area contributed by atoms with E-state index in [1.165, 1.54) is 14.2 Å². The van der Waals surface area contributed by atoms with Gasteiger partial charge >= 0.3 is 5.97 Å². The van der Waals surface area contributed by atoms with Crippen molar-refractivity contribution in [1.82, 2.24) is 0 Å². The number of oxime groups is 1. The van der Waals surface area contributed by atoms with Crippen molar-refractivity contribution in [2.75, 3.05) is 14.2 Å². The minimum atomic E-state index is -0.587. The number of carbonyl (C=O) groups is 1. The summed E-state index contributed by atoms with van der Waals surface area (Å²) in [6, 6.07) is 13.2. The number of hydrogen-bond acceptors (Lipinski definition) is 5. The Labute approximate surface area is 135 Å². The fraction of sp³-hybridized carbons (Fsp3) is 0.222. The third-order valence-corrected chi connectivity index (χ3v) is 3.35. The van der Waals surface area contributed by atoms with Crippen LogP contribution in [0, 0.1) is 13.8 Å². The Bertz CT molecular complexity index is 738. The molecule has 2 aromatic rings. The van der Waals surface area contributed by atoms with Gasteiger partial charge in [-0.15, -0.1) is 0 Å². The Morgan fingerprint density at radius 2 is 1.57 bits per heavy atom. The molecule has 0 aromatic heterocycles. The highest BCUT2D eigenvalue weighted by Crippen LogP contribution is 2.30. The molecule has 0 atom stereocenters. The number of methoxy groups -OCH3 is 1. The van der Waals surface area contributed by atoms with Crippen LogP contribution in [-0.4, -0.2) is 25.9 Å². The van der Waals surface area contributed by atoms with E-state index < -0.39 is 5.97 Å². The van der Waals surface area contributed by atoms with Crippen molar-refractivity contribution in [3.63, 3.8) is 0 Å². The van der Waals surface area contributed by atoms with Crippen LogP contribution in [-0.2, 0) is 14.4 Å². The van der Waals surface area contributed by atoms with Gasteiger partial charge in [0, 0.05) is 0 Å². The second-order valence-electron chi connectivity index (χ2n) is 4.93. The first-order valence-electron chi connectivity index (χ1n) is 7.11. The van der Waals surface area contributed by atoms with Gasteiger partial charge in [0.05, 0.1) is 12.7 Å². The topological polar surface area (TPSA) is 57.1 Å². The molecule has 0 saturated heterocycles. The van der Waals surface area contributed by atoms with E-state index in [2.05, 4.69) is 5.16 Å². The summed E-state index contributed by atoms with van der Waals surface area (Å²) in [5.41, 5.74) is 2.43. The van der Waals surface area contributed by atoms with Gasteiger partial charge in [-0.3, -0.25) is 0 Å². The minimum Gasteiger partial charge on any atom is -0.464 e. The van der Waals surface area contributed by atoms with Crippen molar-refractivity contribution < 1.29 is 19.1 Å². The van der Waals surface area contributed by atoms with Crippen molar-refractivity contribution in [1.29, 1.82) is 0 Å². The van der Waals surface area contributed by atoms with Gasteiger partial charge in [0.25, 0.3) is 0 Å². The molecule has 0 radical (unpaired) electrons. The average molecular weight is 313 g/mol. The summed E-state index contributed by atoms with van der Waals surface area (Å²) < 4.78 is 10.8. The van der Waals surface area contributed by atoms with Crippen LogP contribution in [0.5, 0.6) is 11.5 Å². The van der Waals surface area contributed by atoms with E-state index in [1.54, 1.807) is 6.07 Å². The Kier molecular flexibility index (Phi) is 5.36. The maximum atomic E-state index is 12.0. The third kappa shape index (κ3) is 3.69.